The van der Waals surface area contributed by atoms with E-state index < -0.39 is 0 Å². The number of nitrogens with two attached hydrogens (primary N) is 1. The SMILES string of the molecule is Cc1ccc(N)cc1C(=O)N1CCC(C(=O)NCc2ccccc2)CC1. The van der Waals surface area contributed by atoms with Gasteiger partial charge in [0, 0.05) is 36.8 Å². The summed E-state index contributed by atoms with van der Waals surface area (Å²) in [7, 11) is 0. The number of rotatable bonds is 4. The number of anilines is 1. The highest BCUT2D eigenvalue weighted by Gasteiger charge is 2.28. The Balaban J connectivity index is 1.53. The van der Waals surface area contributed by atoms with E-state index in [-0.39, 0.29) is 17.7 Å². The highest BCUT2D eigenvalue weighted by molar-refractivity contribution is 5.96. The van der Waals surface area contributed by atoms with E-state index in [4.69, 9.17) is 5.73 Å². The first-order valence-electron chi connectivity index (χ1n) is 9.01. The highest BCUT2D eigenvalue weighted by Crippen LogP contribution is 2.21. The molecule has 0 aromatic heterocycles. The summed E-state index contributed by atoms with van der Waals surface area (Å²) in [5.41, 5.74) is 9.07. The lowest BCUT2D eigenvalue weighted by Crippen LogP contribution is -2.43. The van der Waals surface area contributed by atoms with Crippen molar-refractivity contribution in [3.05, 3.63) is 65.2 Å². The summed E-state index contributed by atoms with van der Waals surface area (Å²) in [6.07, 6.45) is 1.38. The van der Waals surface area contributed by atoms with E-state index in [9.17, 15) is 9.59 Å². The monoisotopic (exact) mass is 351 g/mol. The summed E-state index contributed by atoms with van der Waals surface area (Å²) in [5, 5.41) is 3.00. The maximum absolute atomic E-state index is 12.7. The van der Waals surface area contributed by atoms with Gasteiger partial charge < -0.3 is 16.0 Å². The molecule has 5 nitrogen and oxygen atoms in total. The number of piperidine rings is 1. The van der Waals surface area contributed by atoms with Crippen molar-refractivity contribution < 1.29 is 9.59 Å². The van der Waals surface area contributed by atoms with Crippen LogP contribution in [0.15, 0.2) is 48.5 Å². The van der Waals surface area contributed by atoms with Gasteiger partial charge in [0.25, 0.3) is 5.91 Å². The zero-order valence-electron chi connectivity index (χ0n) is 15.1. The minimum atomic E-state index is -0.0373. The smallest absolute Gasteiger partial charge is 0.254 e. The van der Waals surface area contributed by atoms with E-state index in [1.807, 2.05) is 48.2 Å². The van der Waals surface area contributed by atoms with Gasteiger partial charge in [0.2, 0.25) is 5.91 Å². The molecule has 136 valence electrons. The van der Waals surface area contributed by atoms with Crippen LogP contribution in [0.5, 0.6) is 0 Å². The number of nitrogens with one attached hydrogen (secondary N) is 1. The van der Waals surface area contributed by atoms with Crippen LogP contribution in [-0.2, 0) is 11.3 Å². The second-order valence-corrected chi connectivity index (χ2v) is 6.84. The molecule has 0 atom stereocenters. The molecule has 1 saturated heterocycles. The van der Waals surface area contributed by atoms with E-state index in [0.29, 0.717) is 43.7 Å². The van der Waals surface area contributed by atoms with Gasteiger partial charge in [-0.3, -0.25) is 9.59 Å². The van der Waals surface area contributed by atoms with Gasteiger partial charge >= 0.3 is 0 Å². The van der Waals surface area contributed by atoms with Crippen molar-refractivity contribution >= 4 is 17.5 Å². The molecule has 2 amide bonds. The molecular weight excluding hydrogens is 326 g/mol. The summed E-state index contributed by atoms with van der Waals surface area (Å²) in [6.45, 7) is 3.64. The van der Waals surface area contributed by atoms with Gasteiger partial charge in [-0.2, -0.15) is 0 Å². The summed E-state index contributed by atoms with van der Waals surface area (Å²) < 4.78 is 0. The van der Waals surface area contributed by atoms with Gasteiger partial charge in [-0.25, -0.2) is 0 Å². The molecule has 2 aromatic rings. The number of carbonyl (C=O) groups is 2. The van der Waals surface area contributed by atoms with E-state index in [1.54, 1.807) is 12.1 Å². The zero-order valence-corrected chi connectivity index (χ0v) is 15.1. The predicted octanol–water partition coefficient (Wildman–Crippen LogP) is 2.75. The standard InChI is InChI=1S/C21H25N3O2/c1-15-7-8-18(22)13-19(15)21(26)24-11-9-17(10-12-24)20(25)23-14-16-5-3-2-4-6-16/h2-8,13,17H,9-12,14,22H2,1H3,(H,23,25). The van der Waals surface area contributed by atoms with Gasteiger partial charge in [0.1, 0.15) is 0 Å². The number of carbonyl (C=O) groups excluding carboxylic acids is 2. The number of nitrogen functional groups attached to an aromatic ring is 1. The van der Waals surface area contributed by atoms with Gasteiger partial charge in [0.05, 0.1) is 0 Å². The molecule has 0 aliphatic carbocycles. The van der Waals surface area contributed by atoms with Crippen molar-refractivity contribution in [3.8, 4) is 0 Å². The largest absolute Gasteiger partial charge is 0.399 e. The van der Waals surface area contributed by atoms with Crippen LogP contribution in [0.2, 0.25) is 0 Å². The molecule has 2 aromatic carbocycles. The van der Waals surface area contributed by atoms with E-state index in [0.717, 1.165) is 11.1 Å². The maximum Gasteiger partial charge on any atom is 0.254 e. The normalized spacial score (nSPS) is 14.9. The number of benzene rings is 2. The molecule has 1 aliphatic heterocycles. The topological polar surface area (TPSA) is 75.4 Å². The molecule has 1 heterocycles. The van der Waals surface area contributed by atoms with Crippen molar-refractivity contribution in [3.63, 3.8) is 0 Å². The fourth-order valence-corrected chi connectivity index (χ4v) is 3.31. The molecule has 0 saturated carbocycles. The lowest BCUT2D eigenvalue weighted by atomic mass is 9.95. The highest BCUT2D eigenvalue weighted by atomic mass is 16.2. The number of aryl methyl sites for hydroxylation is 1. The summed E-state index contributed by atoms with van der Waals surface area (Å²) in [5.74, 6) is 0.0312. The lowest BCUT2D eigenvalue weighted by Gasteiger charge is -2.31. The van der Waals surface area contributed by atoms with Crippen LogP contribution in [0.1, 0.15) is 34.3 Å². The van der Waals surface area contributed by atoms with Gasteiger partial charge in [-0.15, -0.1) is 0 Å². The second kappa shape index (κ2) is 8.04. The Kier molecular flexibility index (Phi) is 5.56. The Morgan fingerprint density at radius 3 is 2.50 bits per heavy atom. The first-order valence-corrected chi connectivity index (χ1v) is 9.01. The third kappa shape index (κ3) is 4.23. The van der Waals surface area contributed by atoms with Crippen LogP contribution in [0.25, 0.3) is 0 Å². The van der Waals surface area contributed by atoms with E-state index >= 15 is 0 Å². The average Bonchev–Trinajstić information content (AvgIpc) is 2.68. The van der Waals surface area contributed by atoms with Crippen LogP contribution in [0.4, 0.5) is 5.69 Å². The molecule has 3 N–H and O–H groups in total. The predicted molar refractivity (Wildman–Crippen MR) is 103 cm³/mol. The second-order valence-electron chi connectivity index (χ2n) is 6.84. The molecule has 5 heteroatoms. The number of nitrogens with zero attached hydrogens (tertiary/aromatic N) is 1. The number of hydrogen-bond acceptors (Lipinski definition) is 3. The van der Waals surface area contributed by atoms with Crippen molar-refractivity contribution in [1.82, 2.24) is 10.2 Å². The minimum Gasteiger partial charge on any atom is -0.399 e. The third-order valence-corrected chi connectivity index (χ3v) is 4.95. The first kappa shape index (κ1) is 18.0. The Morgan fingerprint density at radius 1 is 1.12 bits per heavy atom. The summed E-state index contributed by atoms with van der Waals surface area (Å²) >= 11 is 0. The third-order valence-electron chi connectivity index (χ3n) is 4.95. The molecule has 1 aliphatic rings. The van der Waals surface area contributed by atoms with E-state index in [1.165, 1.54) is 0 Å². The Labute approximate surface area is 154 Å². The van der Waals surface area contributed by atoms with Crippen LogP contribution in [-0.4, -0.2) is 29.8 Å². The Bertz CT molecular complexity index is 781. The molecule has 0 spiro atoms. The van der Waals surface area contributed by atoms with Gasteiger partial charge in [-0.1, -0.05) is 36.4 Å². The minimum absolute atomic E-state index is 0.00190. The number of hydrogen-bond donors (Lipinski definition) is 2. The van der Waals surface area contributed by atoms with Gasteiger partial charge in [-0.05, 0) is 43.0 Å². The molecule has 0 bridgehead atoms. The van der Waals surface area contributed by atoms with Crippen LogP contribution in [0, 0.1) is 12.8 Å². The van der Waals surface area contributed by atoms with Crippen LogP contribution < -0.4 is 11.1 Å². The molecule has 0 unspecified atom stereocenters. The van der Waals surface area contributed by atoms with Crippen LogP contribution >= 0.6 is 0 Å². The average molecular weight is 351 g/mol. The van der Waals surface area contributed by atoms with Crippen molar-refractivity contribution in [1.29, 1.82) is 0 Å². The van der Waals surface area contributed by atoms with Gasteiger partial charge in [0.15, 0.2) is 0 Å². The summed E-state index contributed by atoms with van der Waals surface area (Å²) in [4.78, 5) is 26.9. The molecule has 26 heavy (non-hydrogen) atoms. The molecule has 0 radical (unpaired) electrons. The zero-order chi connectivity index (χ0) is 18.5. The number of amides is 2. The van der Waals surface area contributed by atoms with Crippen molar-refractivity contribution in [2.24, 2.45) is 5.92 Å². The molecule has 3 rings (SSSR count). The fraction of sp³-hybridized carbons (Fsp3) is 0.333. The van der Waals surface area contributed by atoms with E-state index in [2.05, 4.69) is 5.32 Å². The van der Waals surface area contributed by atoms with Crippen molar-refractivity contribution in [2.75, 3.05) is 18.8 Å². The van der Waals surface area contributed by atoms with Crippen molar-refractivity contribution in [2.45, 2.75) is 26.3 Å². The maximum atomic E-state index is 12.7. The van der Waals surface area contributed by atoms with Crippen LogP contribution in [0.3, 0.4) is 0 Å². The summed E-state index contributed by atoms with van der Waals surface area (Å²) in [6, 6.07) is 15.3. The lowest BCUT2D eigenvalue weighted by molar-refractivity contribution is -0.126. The Morgan fingerprint density at radius 2 is 1.81 bits per heavy atom. The molecule has 1 fully saturated rings. The first-order chi connectivity index (χ1) is 12.5. The fourth-order valence-electron chi connectivity index (χ4n) is 3.31. The number of likely N-dealkylation sites (tertiary alicyclic amines) is 1. The Hall–Kier alpha value is -2.82. The molecular formula is C21H25N3O2. The quantitative estimate of drug-likeness (QED) is 0.832.